The van der Waals surface area contributed by atoms with E-state index < -0.39 is 0 Å². The second-order valence-electron chi connectivity index (χ2n) is 7.30. The Morgan fingerprint density at radius 2 is 1.74 bits per heavy atom. The fourth-order valence-electron chi connectivity index (χ4n) is 3.59. The summed E-state index contributed by atoms with van der Waals surface area (Å²) in [5.41, 5.74) is 5.25. The van der Waals surface area contributed by atoms with Crippen molar-refractivity contribution >= 4 is 51.2 Å². The monoisotopic (exact) mass is 448 g/mol. The van der Waals surface area contributed by atoms with E-state index in [-0.39, 0.29) is 11.0 Å². The highest BCUT2D eigenvalue weighted by Gasteiger charge is 2.17. The molecule has 0 unspecified atom stereocenters. The molecule has 4 aromatic rings. The van der Waals surface area contributed by atoms with Crippen molar-refractivity contribution in [1.29, 1.82) is 0 Å². The van der Waals surface area contributed by atoms with Crippen LogP contribution in [0.2, 0.25) is 5.02 Å². The van der Waals surface area contributed by atoms with Crippen LogP contribution in [-0.4, -0.2) is 14.8 Å². The summed E-state index contributed by atoms with van der Waals surface area (Å²) in [6.45, 7) is 4.46. The van der Waals surface area contributed by atoms with E-state index in [0.29, 0.717) is 17.3 Å². The van der Waals surface area contributed by atoms with Crippen LogP contribution in [-0.2, 0) is 6.54 Å². The van der Waals surface area contributed by atoms with Gasteiger partial charge >= 0.3 is 0 Å². The minimum Gasteiger partial charge on any atom is -0.493 e. The van der Waals surface area contributed by atoms with Crippen LogP contribution in [0.3, 0.4) is 0 Å². The first-order valence-corrected chi connectivity index (χ1v) is 10.6. The van der Waals surface area contributed by atoms with Crippen LogP contribution < -0.4 is 5.32 Å². The molecule has 31 heavy (non-hydrogen) atoms. The Morgan fingerprint density at radius 3 is 2.48 bits per heavy atom. The minimum atomic E-state index is 0.0276. The molecule has 156 valence electrons. The fourth-order valence-corrected chi connectivity index (χ4v) is 3.94. The summed E-state index contributed by atoms with van der Waals surface area (Å²) < 4.78 is 1.79. The molecule has 0 saturated carbocycles. The first-order chi connectivity index (χ1) is 14.9. The van der Waals surface area contributed by atoms with Gasteiger partial charge in [-0.3, -0.25) is 0 Å². The quantitative estimate of drug-likeness (QED) is 0.257. The third-order valence-electron chi connectivity index (χ3n) is 5.10. The SMILES string of the molecule is Cc1cccc(C)c1NC(=S)N=Nc1c(O)n(Cc2cccc(Cl)c2)c2ccccc12. The Labute approximate surface area is 191 Å². The van der Waals surface area contributed by atoms with Crippen LogP contribution in [0.1, 0.15) is 16.7 Å². The maximum Gasteiger partial charge on any atom is 0.221 e. The Hall–Kier alpha value is -3.22. The first-order valence-electron chi connectivity index (χ1n) is 9.77. The van der Waals surface area contributed by atoms with Crippen molar-refractivity contribution in [3.8, 4) is 5.88 Å². The summed E-state index contributed by atoms with van der Waals surface area (Å²) in [7, 11) is 0. The van der Waals surface area contributed by atoms with Crippen molar-refractivity contribution in [1.82, 2.24) is 4.57 Å². The molecule has 0 saturated heterocycles. The van der Waals surface area contributed by atoms with E-state index in [1.54, 1.807) is 4.57 Å². The average Bonchev–Trinajstić information content (AvgIpc) is 3.00. The van der Waals surface area contributed by atoms with Crippen molar-refractivity contribution in [3.63, 3.8) is 0 Å². The van der Waals surface area contributed by atoms with Crippen molar-refractivity contribution < 1.29 is 5.11 Å². The third-order valence-corrected chi connectivity index (χ3v) is 5.52. The van der Waals surface area contributed by atoms with Gasteiger partial charge in [-0.25, -0.2) is 0 Å². The number of aryl methyl sites for hydroxylation is 2. The van der Waals surface area contributed by atoms with Crippen LogP contribution in [0, 0.1) is 13.8 Å². The highest BCUT2D eigenvalue weighted by molar-refractivity contribution is 7.80. The number of nitrogens with zero attached hydrogens (tertiary/aromatic N) is 3. The number of aromatic nitrogens is 1. The molecular weight excluding hydrogens is 428 g/mol. The topological polar surface area (TPSA) is 61.9 Å². The molecule has 2 N–H and O–H groups in total. The molecule has 5 nitrogen and oxygen atoms in total. The Bertz CT molecular complexity index is 1290. The standard InChI is InChI=1S/C24H21ClN4OS/c1-15-7-5-8-16(2)21(15)26-24(31)28-27-22-19-11-3-4-12-20(19)29(23(22)30)14-17-9-6-10-18(25)13-17/h3-13,30H,14H2,1-2H3,(H,26,31). The zero-order chi connectivity index (χ0) is 22.0. The number of para-hydroxylation sites is 2. The predicted octanol–water partition coefficient (Wildman–Crippen LogP) is 7.15. The molecule has 4 rings (SSSR count). The molecule has 0 aliphatic heterocycles. The van der Waals surface area contributed by atoms with Crippen molar-refractivity contribution in [2.75, 3.05) is 5.32 Å². The number of fused-ring (bicyclic) bond motifs is 1. The Kier molecular flexibility index (Phi) is 6.02. The van der Waals surface area contributed by atoms with E-state index in [1.807, 2.05) is 80.6 Å². The van der Waals surface area contributed by atoms with Crippen LogP contribution in [0.15, 0.2) is 77.0 Å². The lowest BCUT2D eigenvalue weighted by Gasteiger charge is -2.10. The fraction of sp³-hybridized carbons (Fsp3) is 0.125. The molecular formula is C24H21ClN4OS. The second-order valence-corrected chi connectivity index (χ2v) is 8.13. The van der Waals surface area contributed by atoms with Gasteiger partial charge < -0.3 is 15.0 Å². The molecule has 0 radical (unpaired) electrons. The number of anilines is 1. The van der Waals surface area contributed by atoms with E-state index in [1.165, 1.54) is 0 Å². The van der Waals surface area contributed by atoms with Crippen molar-refractivity contribution in [3.05, 3.63) is 88.4 Å². The second kappa shape index (κ2) is 8.88. The highest BCUT2D eigenvalue weighted by Crippen LogP contribution is 2.39. The number of benzene rings is 3. The summed E-state index contributed by atoms with van der Waals surface area (Å²) >= 11 is 11.5. The lowest BCUT2D eigenvalue weighted by molar-refractivity contribution is 0.429. The van der Waals surface area contributed by atoms with Crippen molar-refractivity contribution in [2.45, 2.75) is 20.4 Å². The van der Waals surface area contributed by atoms with Crippen LogP contribution >= 0.6 is 23.8 Å². The van der Waals surface area contributed by atoms with Crippen LogP contribution in [0.5, 0.6) is 5.88 Å². The molecule has 7 heteroatoms. The van der Waals surface area contributed by atoms with E-state index in [9.17, 15) is 5.11 Å². The minimum absolute atomic E-state index is 0.0276. The average molecular weight is 449 g/mol. The van der Waals surface area contributed by atoms with E-state index >= 15 is 0 Å². The lowest BCUT2D eigenvalue weighted by Crippen LogP contribution is -2.07. The molecule has 0 aliphatic rings. The van der Waals surface area contributed by atoms with Gasteiger partial charge in [0.25, 0.3) is 0 Å². The van der Waals surface area contributed by atoms with Gasteiger partial charge in [0.1, 0.15) is 0 Å². The molecule has 1 aromatic heterocycles. The maximum absolute atomic E-state index is 10.9. The number of hydrogen-bond acceptors (Lipinski definition) is 3. The molecule has 3 aromatic carbocycles. The molecule has 1 heterocycles. The van der Waals surface area contributed by atoms with Gasteiger partial charge in [0.2, 0.25) is 11.0 Å². The van der Waals surface area contributed by atoms with Gasteiger partial charge in [-0.1, -0.05) is 60.1 Å². The number of thiocarbonyl (C=S) groups is 1. The summed E-state index contributed by atoms with van der Waals surface area (Å²) in [6.07, 6.45) is 0. The van der Waals surface area contributed by atoms with Gasteiger partial charge in [0.05, 0.1) is 12.1 Å². The van der Waals surface area contributed by atoms with E-state index in [4.69, 9.17) is 23.8 Å². The molecule has 0 spiro atoms. The summed E-state index contributed by atoms with van der Waals surface area (Å²) in [6, 6.07) is 21.2. The zero-order valence-corrected chi connectivity index (χ0v) is 18.7. The summed E-state index contributed by atoms with van der Waals surface area (Å²) in [5.74, 6) is 0.0276. The van der Waals surface area contributed by atoms with Gasteiger partial charge in [-0.05, 0) is 61.0 Å². The number of rotatable bonds is 4. The number of halogens is 1. The first kappa shape index (κ1) is 21.0. The van der Waals surface area contributed by atoms with Crippen LogP contribution in [0.4, 0.5) is 11.4 Å². The normalized spacial score (nSPS) is 11.3. The Morgan fingerprint density at radius 1 is 1.03 bits per heavy atom. The summed E-state index contributed by atoms with van der Waals surface area (Å²) in [4.78, 5) is 0. The molecule has 0 fully saturated rings. The van der Waals surface area contributed by atoms with Gasteiger partial charge in [-0.15, -0.1) is 10.2 Å². The van der Waals surface area contributed by atoms with Gasteiger partial charge in [-0.2, -0.15) is 0 Å². The number of azo groups is 1. The largest absolute Gasteiger partial charge is 0.493 e. The maximum atomic E-state index is 10.9. The van der Waals surface area contributed by atoms with E-state index in [0.717, 1.165) is 33.3 Å². The number of nitrogens with one attached hydrogen (secondary N) is 1. The third kappa shape index (κ3) is 4.45. The highest BCUT2D eigenvalue weighted by atomic mass is 35.5. The van der Waals surface area contributed by atoms with Gasteiger partial charge in [0, 0.05) is 16.1 Å². The Balaban J connectivity index is 1.66. The predicted molar refractivity (Wildman–Crippen MR) is 131 cm³/mol. The number of hydrogen-bond donors (Lipinski definition) is 2. The smallest absolute Gasteiger partial charge is 0.221 e. The van der Waals surface area contributed by atoms with Crippen molar-refractivity contribution in [2.24, 2.45) is 10.2 Å². The molecule has 0 atom stereocenters. The molecule has 0 aliphatic carbocycles. The van der Waals surface area contributed by atoms with Crippen LogP contribution in [0.25, 0.3) is 10.9 Å². The molecule has 0 amide bonds. The zero-order valence-electron chi connectivity index (χ0n) is 17.1. The molecule has 0 bridgehead atoms. The van der Waals surface area contributed by atoms with Gasteiger partial charge in [0.15, 0.2) is 5.69 Å². The van der Waals surface area contributed by atoms with E-state index in [2.05, 4.69) is 15.5 Å². The lowest BCUT2D eigenvalue weighted by atomic mass is 10.1. The number of aromatic hydroxyl groups is 1. The summed E-state index contributed by atoms with van der Waals surface area (Å²) in [5, 5.41) is 24.2.